The second-order valence-electron chi connectivity index (χ2n) is 5.82. The summed E-state index contributed by atoms with van der Waals surface area (Å²) in [5.74, 6) is -0.737. The first-order valence-electron chi connectivity index (χ1n) is 7.46. The maximum absolute atomic E-state index is 12.0. The predicted molar refractivity (Wildman–Crippen MR) is 111 cm³/mol. The molecule has 0 rings (SSSR count). The molecule has 0 saturated carbocycles. The molecule has 0 heterocycles. The number of hydrogen-bond donors (Lipinski definition) is 7. The predicted octanol–water partition coefficient (Wildman–Crippen LogP) is -0.306. The van der Waals surface area contributed by atoms with Crippen molar-refractivity contribution in [2.45, 2.75) is 35.0 Å². The summed E-state index contributed by atoms with van der Waals surface area (Å²) in [6.45, 7) is -1.40. The first-order chi connectivity index (χ1) is 12.1. The lowest BCUT2D eigenvalue weighted by Gasteiger charge is -2.46. The van der Waals surface area contributed by atoms with Gasteiger partial charge in [-0.25, -0.2) is 0 Å². The standard InChI is InChI=1S/C11H24O10S6/c12-7-11(8(1-4-22)25(13,14)15,9(2-5-23)26(16,17)18)10(3-6-24)27(19,20)21/h8-10,12,22-24H,1-7H2,(H,13,14,15)(H,16,17,18)(H,19,20,21). The molecule has 164 valence electrons. The lowest BCUT2D eigenvalue weighted by Crippen LogP contribution is -2.62. The topological polar surface area (TPSA) is 183 Å². The summed E-state index contributed by atoms with van der Waals surface area (Å²) >= 11 is 11.5. The first-order valence-corrected chi connectivity index (χ1v) is 13.9. The van der Waals surface area contributed by atoms with E-state index in [9.17, 15) is 44.0 Å². The fraction of sp³-hybridized carbons (Fsp3) is 1.00. The Morgan fingerprint density at radius 1 is 0.630 bits per heavy atom. The highest BCUT2D eigenvalue weighted by molar-refractivity contribution is 7.88. The molecule has 4 N–H and O–H groups in total. The van der Waals surface area contributed by atoms with Gasteiger partial charge in [0.15, 0.2) is 0 Å². The minimum atomic E-state index is -5.15. The SMILES string of the molecule is O=S(=O)(O)C(CCS)C(CO)(C(CCS)S(=O)(=O)O)C(CCS)S(=O)(=O)O. The Kier molecular flexibility index (Phi) is 11.0. The summed E-state index contributed by atoms with van der Waals surface area (Å²) in [5.41, 5.74) is -2.71. The maximum atomic E-state index is 12.0. The van der Waals surface area contributed by atoms with E-state index in [0.29, 0.717) is 0 Å². The van der Waals surface area contributed by atoms with Crippen LogP contribution in [0.3, 0.4) is 0 Å². The Balaban J connectivity index is 7.29. The van der Waals surface area contributed by atoms with Gasteiger partial charge in [-0.3, -0.25) is 13.7 Å². The molecule has 0 spiro atoms. The molecule has 0 saturated heterocycles. The van der Waals surface area contributed by atoms with E-state index >= 15 is 0 Å². The summed E-state index contributed by atoms with van der Waals surface area (Å²) in [7, 11) is -15.5. The molecule has 3 atom stereocenters. The highest BCUT2D eigenvalue weighted by Crippen LogP contribution is 2.45. The van der Waals surface area contributed by atoms with Crippen LogP contribution in [0.15, 0.2) is 0 Å². The van der Waals surface area contributed by atoms with Gasteiger partial charge < -0.3 is 5.11 Å². The van der Waals surface area contributed by atoms with Gasteiger partial charge in [-0.2, -0.15) is 63.1 Å². The van der Waals surface area contributed by atoms with Gasteiger partial charge in [0, 0.05) is 0 Å². The minimum Gasteiger partial charge on any atom is -0.396 e. The lowest BCUT2D eigenvalue weighted by molar-refractivity contribution is 0.0942. The summed E-state index contributed by atoms with van der Waals surface area (Å²) in [6.07, 6.45) is -1.71. The molecule has 16 heteroatoms. The van der Waals surface area contributed by atoms with Gasteiger partial charge in [-0.15, -0.1) is 0 Å². The van der Waals surface area contributed by atoms with E-state index in [1.54, 1.807) is 0 Å². The third-order valence-corrected chi connectivity index (χ3v) is 9.28. The average molecular weight is 509 g/mol. The molecule has 0 aromatic heterocycles. The summed E-state index contributed by atoms with van der Waals surface area (Å²) in [5, 5.41) is 3.53. The average Bonchev–Trinajstić information content (AvgIpc) is 2.49. The van der Waals surface area contributed by atoms with Crippen LogP contribution in [0.4, 0.5) is 0 Å². The van der Waals surface area contributed by atoms with Gasteiger partial charge in [0.05, 0.1) is 27.8 Å². The third kappa shape index (κ3) is 6.89. The number of aliphatic hydroxyl groups excluding tert-OH is 1. The Bertz CT molecular complexity index is 672. The van der Waals surface area contributed by atoms with Crippen LogP contribution in [0.5, 0.6) is 0 Å². The van der Waals surface area contributed by atoms with Crippen LogP contribution in [0.2, 0.25) is 0 Å². The summed E-state index contributed by atoms with van der Waals surface area (Å²) in [6, 6.07) is 0. The molecular weight excluding hydrogens is 485 g/mol. The van der Waals surface area contributed by atoms with Crippen LogP contribution < -0.4 is 0 Å². The lowest BCUT2D eigenvalue weighted by atomic mass is 9.74. The Morgan fingerprint density at radius 2 is 0.852 bits per heavy atom. The van der Waals surface area contributed by atoms with Gasteiger partial charge in [0.2, 0.25) is 0 Å². The molecule has 0 radical (unpaired) electrons. The van der Waals surface area contributed by atoms with Crippen molar-refractivity contribution in [2.75, 3.05) is 23.9 Å². The maximum Gasteiger partial charge on any atom is 0.268 e. The Hall–Kier alpha value is 0.740. The molecule has 0 amide bonds. The van der Waals surface area contributed by atoms with E-state index in [1.807, 2.05) is 0 Å². The van der Waals surface area contributed by atoms with Crippen molar-refractivity contribution >= 4 is 68.2 Å². The Labute approximate surface area is 176 Å². The largest absolute Gasteiger partial charge is 0.396 e. The van der Waals surface area contributed by atoms with E-state index in [2.05, 4.69) is 37.9 Å². The molecule has 3 unspecified atom stereocenters. The molecule has 0 aromatic carbocycles. The van der Waals surface area contributed by atoms with Crippen LogP contribution in [0, 0.1) is 5.41 Å². The number of aliphatic hydroxyl groups is 1. The molecule has 0 aliphatic rings. The molecule has 0 aliphatic heterocycles. The fourth-order valence-electron chi connectivity index (χ4n) is 3.36. The second kappa shape index (κ2) is 10.7. The number of hydrogen-bond acceptors (Lipinski definition) is 10. The van der Waals surface area contributed by atoms with Crippen LogP contribution in [-0.4, -0.2) is 83.6 Å². The molecule has 10 nitrogen and oxygen atoms in total. The van der Waals surface area contributed by atoms with Gasteiger partial charge >= 0.3 is 0 Å². The second-order valence-corrected chi connectivity index (χ2v) is 12.0. The molecule has 0 aliphatic carbocycles. The third-order valence-electron chi connectivity index (χ3n) is 4.32. The molecular formula is C11H24O10S6. The normalized spacial score (nSPS) is 19.2. The van der Waals surface area contributed by atoms with Crippen molar-refractivity contribution < 1.29 is 44.0 Å². The summed E-state index contributed by atoms with van der Waals surface area (Å²) in [4.78, 5) is 0. The zero-order valence-corrected chi connectivity index (χ0v) is 19.1. The van der Waals surface area contributed by atoms with Crippen LogP contribution >= 0.6 is 37.9 Å². The molecule has 0 fully saturated rings. The minimum absolute atomic E-state index is 0.246. The van der Waals surface area contributed by atoms with Gasteiger partial charge in [-0.05, 0) is 36.5 Å². The van der Waals surface area contributed by atoms with Crippen molar-refractivity contribution in [3.05, 3.63) is 0 Å². The van der Waals surface area contributed by atoms with E-state index in [1.165, 1.54) is 0 Å². The monoisotopic (exact) mass is 508 g/mol. The van der Waals surface area contributed by atoms with Gasteiger partial charge in [0.1, 0.15) is 0 Å². The fourth-order valence-corrected chi connectivity index (χ4v) is 9.04. The van der Waals surface area contributed by atoms with Crippen molar-refractivity contribution in [3.8, 4) is 0 Å². The summed E-state index contributed by atoms with van der Waals surface area (Å²) < 4.78 is 101. The van der Waals surface area contributed by atoms with Crippen molar-refractivity contribution in [1.82, 2.24) is 0 Å². The number of thiol groups is 3. The zero-order chi connectivity index (χ0) is 21.7. The zero-order valence-electron chi connectivity index (χ0n) is 14.0. The highest BCUT2D eigenvalue weighted by atomic mass is 32.2. The van der Waals surface area contributed by atoms with Crippen LogP contribution in [0.1, 0.15) is 19.3 Å². The number of rotatable bonds is 13. The van der Waals surface area contributed by atoms with Crippen molar-refractivity contribution in [1.29, 1.82) is 0 Å². The van der Waals surface area contributed by atoms with E-state index < -0.39 is 77.4 Å². The van der Waals surface area contributed by atoms with E-state index in [0.717, 1.165) is 0 Å². The highest BCUT2D eigenvalue weighted by Gasteiger charge is 2.61. The van der Waals surface area contributed by atoms with Crippen LogP contribution in [0.25, 0.3) is 0 Å². The molecule has 27 heavy (non-hydrogen) atoms. The smallest absolute Gasteiger partial charge is 0.268 e. The quantitative estimate of drug-likeness (QED) is 0.129. The Morgan fingerprint density at radius 3 is 0.963 bits per heavy atom. The van der Waals surface area contributed by atoms with E-state index in [4.69, 9.17) is 0 Å². The van der Waals surface area contributed by atoms with Crippen LogP contribution in [-0.2, 0) is 30.4 Å². The van der Waals surface area contributed by atoms with Gasteiger partial charge in [-0.1, -0.05) is 0 Å². The van der Waals surface area contributed by atoms with E-state index in [-0.39, 0.29) is 17.3 Å². The first kappa shape index (κ1) is 27.7. The van der Waals surface area contributed by atoms with Crippen molar-refractivity contribution in [3.63, 3.8) is 0 Å². The van der Waals surface area contributed by atoms with Gasteiger partial charge in [0.25, 0.3) is 30.4 Å². The molecule has 0 bridgehead atoms. The molecule has 0 aromatic rings. The van der Waals surface area contributed by atoms with Crippen molar-refractivity contribution in [2.24, 2.45) is 5.41 Å².